The molecule has 1 heterocycles. The number of carboxylic acid groups (broad SMARTS) is 1. The van der Waals surface area contributed by atoms with E-state index in [4.69, 9.17) is 12.3 Å². The maximum atomic E-state index is 11.7. The number of aliphatic carboxylic acids is 1. The SMILES string of the molecule is [2H]C([2H])([2H])C(C=N[C@@H](Cc1c[nH]c2ccccc12)C(=O)O)(C([2H])([2H])[2H])C([2H])([2H])[2H]. The van der Waals surface area contributed by atoms with E-state index >= 15 is 0 Å². The van der Waals surface area contributed by atoms with Crippen LogP contribution in [0.25, 0.3) is 10.9 Å². The fourth-order valence-corrected chi connectivity index (χ4v) is 1.91. The number of rotatable bonds is 4. The third-order valence-electron chi connectivity index (χ3n) is 2.82. The molecular formula is C16H20N2O2. The van der Waals surface area contributed by atoms with Gasteiger partial charge in [0.1, 0.15) is 0 Å². The zero-order valence-corrected chi connectivity index (χ0v) is 10.6. The molecule has 0 aliphatic heterocycles. The summed E-state index contributed by atoms with van der Waals surface area (Å²) in [5, 5.41) is 10.2. The van der Waals surface area contributed by atoms with Crippen LogP contribution in [-0.2, 0) is 11.2 Å². The van der Waals surface area contributed by atoms with Crippen molar-refractivity contribution < 1.29 is 22.2 Å². The Kier molecular flexibility index (Phi) is 1.80. The van der Waals surface area contributed by atoms with Gasteiger partial charge in [0.2, 0.25) is 0 Å². The highest BCUT2D eigenvalue weighted by molar-refractivity contribution is 5.84. The third-order valence-corrected chi connectivity index (χ3v) is 2.82. The van der Waals surface area contributed by atoms with Crippen LogP contribution in [0, 0.1) is 5.41 Å². The van der Waals surface area contributed by atoms with Crippen LogP contribution < -0.4 is 0 Å². The van der Waals surface area contributed by atoms with E-state index in [0.717, 1.165) is 10.9 Å². The van der Waals surface area contributed by atoms with Crippen molar-refractivity contribution >= 4 is 23.1 Å². The average Bonchev–Trinajstić information content (AvgIpc) is 2.93. The lowest BCUT2D eigenvalue weighted by Crippen LogP contribution is -2.22. The van der Waals surface area contributed by atoms with Crippen LogP contribution in [0.1, 0.15) is 38.5 Å². The largest absolute Gasteiger partial charge is 0.480 e. The summed E-state index contributed by atoms with van der Waals surface area (Å²) in [6, 6.07) is 5.50. The third kappa shape index (κ3) is 3.47. The Hall–Kier alpha value is -2.10. The number of carboxylic acids is 1. The number of aromatic nitrogens is 1. The fourth-order valence-electron chi connectivity index (χ4n) is 1.91. The normalized spacial score (nSPS) is 22.5. The molecule has 4 heteroatoms. The Morgan fingerprint density at radius 1 is 1.50 bits per heavy atom. The van der Waals surface area contributed by atoms with E-state index in [1.54, 1.807) is 30.5 Å². The van der Waals surface area contributed by atoms with Crippen molar-refractivity contribution in [1.82, 2.24) is 4.98 Å². The minimum Gasteiger partial charge on any atom is -0.480 e. The number of fused-ring (bicyclic) bond motifs is 1. The van der Waals surface area contributed by atoms with Crippen molar-refractivity contribution in [3.05, 3.63) is 36.0 Å². The molecule has 2 N–H and O–H groups in total. The molecule has 1 aromatic carbocycles. The lowest BCUT2D eigenvalue weighted by Gasteiger charge is -2.13. The minimum absolute atomic E-state index is 0.186. The van der Waals surface area contributed by atoms with Crippen LogP contribution in [0.2, 0.25) is 0 Å². The first kappa shape index (κ1) is 6.57. The molecular weight excluding hydrogens is 252 g/mol. The zero-order chi connectivity index (χ0) is 22.3. The summed E-state index contributed by atoms with van der Waals surface area (Å²) >= 11 is 0. The number of hydrogen-bond acceptors (Lipinski definition) is 2. The molecule has 106 valence electrons. The van der Waals surface area contributed by atoms with Crippen molar-refractivity contribution in [2.45, 2.75) is 33.0 Å². The summed E-state index contributed by atoms with van der Waals surface area (Å²) < 4.78 is 68.2. The predicted molar refractivity (Wildman–Crippen MR) is 81.4 cm³/mol. The quantitative estimate of drug-likeness (QED) is 0.845. The zero-order valence-electron chi connectivity index (χ0n) is 19.6. The van der Waals surface area contributed by atoms with E-state index in [2.05, 4.69) is 9.98 Å². The number of aromatic amines is 1. The summed E-state index contributed by atoms with van der Waals surface area (Å²) in [6.07, 6.45) is 1.67. The van der Waals surface area contributed by atoms with E-state index in [-0.39, 0.29) is 12.6 Å². The van der Waals surface area contributed by atoms with Crippen LogP contribution in [-0.4, -0.2) is 28.3 Å². The van der Waals surface area contributed by atoms with Gasteiger partial charge in [-0.2, -0.15) is 0 Å². The highest BCUT2D eigenvalue weighted by atomic mass is 16.4. The number of carbonyl (C=O) groups is 1. The summed E-state index contributed by atoms with van der Waals surface area (Å²) in [5.41, 5.74) is -1.99. The lowest BCUT2D eigenvalue weighted by atomic mass is 9.98. The molecule has 0 amide bonds. The van der Waals surface area contributed by atoms with Gasteiger partial charge >= 0.3 is 5.97 Å². The van der Waals surface area contributed by atoms with E-state index in [9.17, 15) is 9.90 Å². The van der Waals surface area contributed by atoms with Gasteiger partial charge in [-0.1, -0.05) is 38.8 Å². The molecule has 2 aromatic rings. The topological polar surface area (TPSA) is 65.5 Å². The van der Waals surface area contributed by atoms with Crippen LogP contribution in [0.4, 0.5) is 0 Å². The molecule has 1 atom stereocenters. The van der Waals surface area contributed by atoms with Crippen molar-refractivity contribution in [1.29, 1.82) is 0 Å². The van der Waals surface area contributed by atoms with Crippen LogP contribution >= 0.6 is 0 Å². The van der Waals surface area contributed by atoms with Crippen LogP contribution in [0.3, 0.4) is 0 Å². The van der Waals surface area contributed by atoms with Crippen LogP contribution in [0.15, 0.2) is 35.5 Å². The average molecular weight is 281 g/mol. The van der Waals surface area contributed by atoms with Gasteiger partial charge in [-0.05, 0) is 17.0 Å². The molecule has 0 spiro atoms. The van der Waals surface area contributed by atoms with Crippen molar-refractivity contribution in [2.75, 3.05) is 0 Å². The Bertz CT molecular complexity index is 873. The molecule has 4 nitrogen and oxygen atoms in total. The molecule has 0 bridgehead atoms. The predicted octanol–water partition coefficient (Wildman–Crippen LogP) is 3.28. The Morgan fingerprint density at radius 3 is 2.95 bits per heavy atom. The molecule has 0 radical (unpaired) electrons. The van der Waals surface area contributed by atoms with Crippen LogP contribution in [0.5, 0.6) is 0 Å². The van der Waals surface area contributed by atoms with Crippen molar-refractivity contribution in [3.8, 4) is 0 Å². The smallest absolute Gasteiger partial charge is 0.328 e. The van der Waals surface area contributed by atoms with Gasteiger partial charge in [-0.25, -0.2) is 4.79 Å². The number of nitrogens with zero attached hydrogens (tertiary/aromatic N) is 1. The maximum absolute atomic E-state index is 11.7. The standard InChI is InChI=1S/C16H20N2O2/c1-16(2,3)10-18-14(15(19)20)8-11-9-17-13-7-5-4-6-12(11)13/h4-7,9-10,14,17H,8H2,1-3H3,(H,19,20)/t14-/m0/s1/i1D3,2D3,3D3. The summed E-state index contributed by atoms with van der Waals surface area (Å²) in [5.74, 6) is -1.44. The van der Waals surface area contributed by atoms with Crippen molar-refractivity contribution in [3.63, 3.8) is 0 Å². The van der Waals surface area contributed by atoms with E-state index in [1.165, 1.54) is 0 Å². The second-order valence-electron chi connectivity index (χ2n) is 4.50. The summed E-state index contributed by atoms with van der Waals surface area (Å²) in [4.78, 5) is 18.3. The molecule has 20 heavy (non-hydrogen) atoms. The first-order valence-electron chi connectivity index (χ1n) is 10.4. The Labute approximate surface area is 131 Å². The minimum atomic E-state index is -3.48. The number of aliphatic imine (C=N–C) groups is 1. The van der Waals surface area contributed by atoms with E-state index in [1.807, 2.05) is 0 Å². The van der Waals surface area contributed by atoms with Gasteiger partial charge < -0.3 is 10.1 Å². The van der Waals surface area contributed by atoms with Gasteiger partial charge in [0, 0.05) is 42.1 Å². The highest BCUT2D eigenvalue weighted by Crippen LogP contribution is 2.20. The van der Waals surface area contributed by atoms with Gasteiger partial charge in [-0.15, -0.1) is 0 Å². The Morgan fingerprint density at radius 2 is 2.25 bits per heavy atom. The number of H-pyrrole nitrogens is 1. The number of para-hydroxylation sites is 1. The van der Waals surface area contributed by atoms with Gasteiger partial charge in [0.25, 0.3) is 0 Å². The second-order valence-corrected chi connectivity index (χ2v) is 4.50. The molecule has 0 saturated carbocycles. The Balaban J connectivity index is 2.52. The van der Waals surface area contributed by atoms with Gasteiger partial charge in [0.15, 0.2) is 6.04 Å². The van der Waals surface area contributed by atoms with Gasteiger partial charge in [0.05, 0.1) is 0 Å². The molecule has 0 aliphatic carbocycles. The second kappa shape index (κ2) is 5.49. The van der Waals surface area contributed by atoms with E-state index in [0.29, 0.717) is 5.56 Å². The highest BCUT2D eigenvalue weighted by Gasteiger charge is 2.19. The lowest BCUT2D eigenvalue weighted by molar-refractivity contribution is -0.138. The number of nitrogens with one attached hydrogen (secondary N) is 1. The fraction of sp³-hybridized carbons (Fsp3) is 0.375. The summed E-state index contributed by atoms with van der Waals surface area (Å²) in [7, 11) is 0. The molecule has 0 fully saturated rings. The van der Waals surface area contributed by atoms with Gasteiger partial charge in [-0.3, -0.25) is 4.99 Å². The molecule has 0 aliphatic rings. The summed E-state index contributed by atoms with van der Waals surface area (Å²) in [6.45, 7) is -10.4. The monoisotopic (exact) mass is 281 g/mol. The first-order valence-corrected chi connectivity index (χ1v) is 5.94. The van der Waals surface area contributed by atoms with Crippen molar-refractivity contribution in [2.24, 2.45) is 10.4 Å². The molecule has 1 aromatic heterocycles. The maximum Gasteiger partial charge on any atom is 0.328 e. The number of benzene rings is 1. The first-order chi connectivity index (χ1) is 13.1. The van der Waals surface area contributed by atoms with E-state index < -0.39 is 38.0 Å². The molecule has 0 unspecified atom stereocenters. The molecule has 0 saturated heterocycles. The number of hydrogen-bond donors (Lipinski definition) is 2. The molecule has 2 rings (SSSR count).